The van der Waals surface area contributed by atoms with E-state index in [1.165, 1.54) is 11.1 Å². The maximum atomic E-state index is 5.19. The standard InChI is InChI=1S/C22H26N4O/c1-4-17-7-6-8-18(5-2)21(17)26-22-23-14-13-20(25-22)24-15-16-9-11-19(27-3)12-10-16/h6-14H,4-5,15H2,1-3H3,(H2,23,24,25,26). The third kappa shape index (κ3) is 4.76. The molecule has 5 nitrogen and oxygen atoms in total. The van der Waals surface area contributed by atoms with Gasteiger partial charge in [0.1, 0.15) is 11.6 Å². The van der Waals surface area contributed by atoms with Crippen molar-refractivity contribution in [2.45, 2.75) is 33.2 Å². The van der Waals surface area contributed by atoms with Crippen LogP contribution in [0.15, 0.2) is 54.7 Å². The lowest BCUT2D eigenvalue weighted by Crippen LogP contribution is -2.06. The van der Waals surface area contributed by atoms with Crippen LogP contribution in [0.5, 0.6) is 5.75 Å². The molecule has 0 unspecified atom stereocenters. The van der Waals surface area contributed by atoms with E-state index in [-0.39, 0.29) is 0 Å². The van der Waals surface area contributed by atoms with Gasteiger partial charge < -0.3 is 15.4 Å². The van der Waals surface area contributed by atoms with Gasteiger partial charge >= 0.3 is 0 Å². The van der Waals surface area contributed by atoms with E-state index in [4.69, 9.17) is 4.74 Å². The summed E-state index contributed by atoms with van der Waals surface area (Å²) in [5.41, 5.74) is 4.83. The number of para-hydroxylation sites is 1. The summed E-state index contributed by atoms with van der Waals surface area (Å²) in [5.74, 6) is 2.24. The molecule has 0 bridgehead atoms. The molecule has 0 spiro atoms. The molecule has 0 amide bonds. The van der Waals surface area contributed by atoms with Crippen molar-refractivity contribution in [1.29, 1.82) is 0 Å². The third-order valence-electron chi connectivity index (χ3n) is 4.52. The van der Waals surface area contributed by atoms with Crippen molar-refractivity contribution in [3.05, 3.63) is 71.4 Å². The lowest BCUT2D eigenvalue weighted by molar-refractivity contribution is 0.414. The Morgan fingerprint density at radius 1 is 0.926 bits per heavy atom. The second kappa shape index (κ2) is 9.03. The number of aryl methyl sites for hydroxylation is 2. The fourth-order valence-corrected chi connectivity index (χ4v) is 2.97. The molecule has 3 aromatic rings. The van der Waals surface area contributed by atoms with E-state index in [1.54, 1.807) is 13.3 Å². The van der Waals surface area contributed by atoms with Gasteiger partial charge in [-0.05, 0) is 47.7 Å². The highest BCUT2D eigenvalue weighted by Crippen LogP contribution is 2.25. The minimum Gasteiger partial charge on any atom is -0.497 e. The summed E-state index contributed by atoms with van der Waals surface area (Å²) in [5, 5.41) is 6.77. The van der Waals surface area contributed by atoms with Crippen LogP contribution in [0.3, 0.4) is 0 Å². The molecule has 0 saturated carbocycles. The smallest absolute Gasteiger partial charge is 0.229 e. The van der Waals surface area contributed by atoms with Crippen LogP contribution in [0.1, 0.15) is 30.5 Å². The van der Waals surface area contributed by atoms with E-state index < -0.39 is 0 Å². The molecule has 0 aliphatic carbocycles. The first-order valence-corrected chi connectivity index (χ1v) is 9.31. The van der Waals surface area contributed by atoms with E-state index in [9.17, 15) is 0 Å². The van der Waals surface area contributed by atoms with Crippen molar-refractivity contribution in [1.82, 2.24) is 9.97 Å². The molecule has 0 radical (unpaired) electrons. The number of anilines is 3. The lowest BCUT2D eigenvalue weighted by Gasteiger charge is -2.15. The molecule has 2 aromatic carbocycles. The third-order valence-corrected chi connectivity index (χ3v) is 4.52. The van der Waals surface area contributed by atoms with Gasteiger partial charge in [-0.25, -0.2) is 4.98 Å². The molecule has 5 heteroatoms. The fourth-order valence-electron chi connectivity index (χ4n) is 2.97. The predicted molar refractivity (Wildman–Crippen MR) is 111 cm³/mol. The Labute approximate surface area is 160 Å². The topological polar surface area (TPSA) is 59.1 Å². The number of rotatable bonds is 8. The van der Waals surface area contributed by atoms with Crippen LogP contribution >= 0.6 is 0 Å². The highest BCUT2D eigenvalue weighted by atomic mass is 16.5. The van der Waals surface area contributed by atoms with Crippen molar-refractivity contribution in [3.63, 3.8) is 0 Å². The molecule has 0 fully saturated rings. The Morgan fingerprint density at radius 2 is 1.63 bits per heavy atom. The summed E-state index contributed by atoms with van der Waals surface area (Å²) in [7, 11) is 1.67. The van der Waals surface area contributed by atoms with Gasteiger partial charge in [-0.1, -0.05) is 44.2 Å². The van der Waals surface area contributed by atoms with E-state index in [0.29, 0.717) is 12.5 Å². The summed E-state index contributed by atoms with van der Waals surface area (Å²) >= 11 is 0. The van der Waals surface area contributed by atoms with Crippen LogP contribution in [0.25, 0.3) is 0 Å². The number of nitrogens with zero attached hydrogens (tertiary/aromatic N) is 2. The van der Waals surface area contributed by atoms with Gasteiger partial charge in [0.25, 0.3) is 0 Å². The van der Waals surface area contributed by atoms with Crippen molar-refractivity contribution < 1.29 is 4.74 Å². The number of ether oxygens (including phenoxy) is 1. The number of benzene rings is 2. The van der Waals surface area contributed by atoms with Crippen LogP contribution < -0.4 is 15.4 Å². The van der Waals surface area contributed by atoms with E-state index >= 15 is 0 Å². The highest BCUT2D eigenvalue weighted by molar-refractivity contribution is 5.64. The molecule has 0 saturated heterocycles. The van der Waals surface area contributed by atoms with Crippen LogP contribution in [0, 0.1) is 0 Å². The Bertz CT molecular complexity index is 855. The number of aromatic nitrogens is 2. The number of hydrogen-bond acceptors (Lipinski definition) is 5. The molecule has 0 atom stereocenters. The fraction of sp³-hybridized carbons (Fsp3) is 0.273. The van der Waals surface area contributed by atoms with Crippen LogP contribution in [-0.4, -0.2) is 17.1 Å². The van der Waals surface area contributed by atoms with Gasteiger partial charge in [0.05, 0.1) is 7.11 Å². The van der Waals surface area contributed by atoms with Gasteiger partial charge in [0.2, 0.25) is 5.95 Å². The average Bonchev–Trinajstić information content (AvgIpc) is 2.73. The minimum absolute atomic E-state index is 0.602. The molecule has 1 heterocycles. The monoisotopic (exact) mass is 362 g/mol. The van der Waals surface area contributed by atoms with Gasteiger partial charge in [0, 0.05) is 18.4 Å². The minimum atomic E-state index is 0.602. The molecule has 27 heavy (non-hydrogen) atoms. The zero-order valence-electron chi connectivity index (χ0n) is 16.1. The molecule has 3 rings (SSSR count). The highest BCUT2D eigenvalue weighted by Gasteiger charge is 2.08. The van der Waals surface area contributed by atoms with Crippen LogP contribution in [0.4, 0.5) is 17.5 Å². The Balaban J connectivity index is 1.72. The zero-order chi connectivity index (χ0) is 19.1. The largest absolute Gasteiger partial charge is 0.497 e. The average molecular weight is 362 g/mol. The first kappa shape index (κ1) is 18.7. The van der Waals surface area contributed by atoms with Gasteiger partial charge in [0.15, 0.2) is 0 Å². The number of nitrogens with one attached hydrogen (secondary N) is 2. The molecular weight excluding hydrogens is 336 g/mol. The summed E-state index contributed by atoms with van der Waals surface area (Å²) in [6, 6.07) is 16.3. The van der Waals surface area contributed by atoms with Crippen molar-refractivity contribution in [2.24, 2.45) is 0 Å². The van der Waals surface area contributed by atoms with Gasteiger partial charge in [-0.2, -0.15) is 4.98 Å². The molecule has 0 aliphatic rings. The van der Waals surface area contributed by atoms with Crippen molar-refractivity contribution >= 4 is 17.5 Å². The van der Waals surface area contributed by atoms with Gasteiger partial charge in [-0.3, -0.25) is 0 Å². The van der Waals surface area contributed by atoms with Gasteiger partial charge in [-0.15, -0.1) is 0 Å². The Morgan fingerprint density at radius 3 is 2.26 bits per heavy atom. The first-order chi connectivity index (χ1) is 13.2. The SMILES string of the molecule is CCc1cccc(CC)c1Nc1nccc(NCc2ccc(OC)cc2)n1. The molecule has 140 valence electrons. The van der Waals surface area contributed by atoms with E-state index in [2.05, 4.69) is 52.6 Å². The zero-order valence-corrected chi connectivity index (χ0v) is 16.1. The van der Waals surface area contributed by atoms with Crippen molar-refractivity contribution in [2.75, 3.05) is 17.7 Å². The summed E-state index contributed by atoms with van der Waals surface area (Å²) in [6.45, 7) is 5.01. The number of methoxy groups -OCH3 is 1. The molecular formula is C22H26N4O. The maximum absolute atomic E-state index is 5.19. The van der Waals surface area contributed by atoms with Crippen LogP contribution in [0.2, 0.25) is 0 Å². The lowest BCUT2D eigenvalue weighted by atomic mass is 10.0. The van der Waals surface area contributed by atoms with Crippen molar-refractivity contribution in [3.8, 4) is 5.75 Å². The normalized spacial score (nSPS) is 10.5. The number of hydrogen-bond donors (Lipinski definition) is 2. The second-order valence-corrected chi connectivity index (χ2v) is 6.25. The second-order valence-electron chi connectivity index (χ2n) is 6.25. The summed E-state index contributed by atoms with van der Waals surface area (Å²) in [6.07, 6.45) is 3.70. The van der Waals surface area contributed by atoms with E-state index in [0.717, 1.165) is 35.7 Å². The quantitative estimate of drug-likeness (QED) is 0.593. The molecule has 2 N–H and O–H groups in total. The summed E-state index contributed by atoms with van der Waals surface area (Å²) in [4.78, 5) is 8.99. The Kier molecular flexibility index (Phi) is 6.26. The first-order valence-electron chi connectivity index (χ1n) is 9.31. The Hall–Kier alpha value is -3.08. The molecule has 1 aromatic heterocycles. The molecule has 0 aliphatic heterocycles. The van der Waals surface area contributed by atoms with Crippen LogP contribution in [-0.2, 0) is 19.4 Å². The summed E-state index contributed by atoms with van der Waals surface area (Å²) < 4.78 is 5.19. The van der Waals surface area contributed by atoms with E-state index in [1.807, 2.05) is 30.3 Å². The maximum Gasteiger partial charge on any atom is 0.229 e. The predicted octanol–water partition coefficient (Wildman–Crippen LogP) is 4.97.